The van der Waals surface area contributed by atoms with Crippen molar-refractivity contribution in [2.45, 2.75) is 13.5 Å². The van der Waals surface area contributed by atoms with Crippen molar-refractivity contribution < 1.29 is 19.1 Å². The van der Waals surface area contributed by atoms with E-state index in [0.717, 1.165) is 27.9 Å². The topological polar surface area (TPSA) is 80.8 Å². The summed E-state index contributed by atoms with van der Waals surface area (Å²) in [6.45, 7) is 1.78. The predicted octanol–water partition coefficient (Wildman–Crippen LogP) is 6.23. The molecule has 4 rings (SSSR count). The number of ether oxygens (including phenoxy) is 2. The van der Waals surface area contributed by atoms with E-state index in [0.29, 0.717) is 22.0 Å². The molecule has 9 heteroatoms. The maximum atomic E-state index is 12.8. The van der Waals surface area contributed by atoms with Gasteiger partial charge < -0.3 is 19.7 Å². The molecule has 0 aliphatic heterocycles. The zero-order valence-corrected chi connectivity index (χ0v) is 23.2. The molecule has 0 radical (unpaired) electrons. The van der Waals surface area contributed by atoms with Crippen molar-refractivity contribution in [3.05, 3.63) is 99.7 Å². The summed E-state index contributed by atoms with van der Waals surface area (Å²) >= 11 is 13.1. The van der Waals surface area contributed by atoms with Crippen LogP contribution in [-0.2, 0) is 16.2 Å². The molecule has 7 nitrogen and oxygen atoms in total. The Bertz CT molecular complexity index is 1540. The summed E-state index contributed by atoms with van der Waals surface area (Å²) in [6.07, 6.45) is 3.02. The summed E-state index contributed by atoms with van der Waals surface area (Å²) in [6, 6.07) is 20.2. The number of carbonyl (C=O) groups is 2. The van der Waals surface area contributed by atoms with E-state index in [1.54, 1.807) is 44.5 Å². The normalized spacial score (nSPS) is 11.0. The second-order valence-corrected chi connectivity index (χ2v) is 9.49. The summed E-state index contributed by atoms with van der Waals surface area (Å²) in [7, 11) is 3.17. The number of hydrogen-bond donors (Lipinski definition) is 1. The van der Waals surface area contributed by atoms with Crippen LogP contribution in [0.4, 0.5) is 5.69 Å². The Morgan fingerprint density at radius 1 is 1.03 bits per heavy atom. The van der Waals surface area contributed by atoms with Crippen molar-refractivity contribution in [1.82, 2.24) is 10.3 Å². The van der Waals surface area contributed by atoms with Crippen LogP contribution in [0.15, 0.2) is 72.8 Å². The number of pyridine rings is 1. The molecule has 39 heavy (non-hydrogen) atoms. The van der Waals surface area contributed by atoms with Crippen molar-refractivity contribution in [2.75, 3.05) is 25.6 Å². The highest BCUT2D eigenvalue weighted by Crippen LogP contribution is 2.35. The molecule has 0 saturated carbocycles. The maximum Gasteiger partial charge on any atom is 0.246 e. The molecule has 0 atom stereocenters. The number of rotatable bonds is 9. The third-order valence-corrected chi connectivity index (χ3v) is 6.83. The zero-order chi connectivity index (χ0) is 27.9. The van der Waals surface area contributed by atoms with Gasteiger partial charge in [0.1, 0.15) is 23.6 Å². The van der Waals surface area contributed by atoms with Gasteiger partial charge in [-0.3, -0.25) is 9.59 Å². The first-order chi connectivity index (χ1) is 18.8. The van der Waals surface area contributed by atoms with Crippen LogP contribution in [0.1, 0.15) is 16.8 Å². The molecule has 0 fully saturated rings. The quantitative estimate of drug-likeness (QED) is 0.244. The highest BCUT2D eigenvalue weighted by atomic mass is 35.5. The number of nitrogens with one attached hydrogen (secondary N) is 1. The molecule has 0 spiro atoms. The lowest BCUT2D eigenvalue weighted by Gasteiger charge is -2.21. The molecule has 0 unspecified atom stereocenters. The smallest absolute Gasteiger partial charge is 0.246 e. The molecular weight excluding hydrogens is 537 g/mol. The van der Waals surface area contributed by atoms with Crippen LogP contribution >= 0.6 is 23.2 Å². The highest BCUT2D eigenvalue weighted by Gasteiger charge is 2.19. The van der Waals surface area contributed by atoms with Crippen LogP contribution < -0.4 is 19.7 Å². The molecule has 1 aromatic heterocycles. The van der Waals surface area contributed by atoms with Gasteiger partial charge in [0, 0.05) is 34.8 Å². The summed E-state index contributed by atoms with van der Waals surface area (Å²) in [4.78, 5) is 31.0. The number of amides is 2. The van der Waals surface area contributed by atoms with E-state index < -0.39 is 5.91 Å². The first-order valence-corrected chi connectivity index (χ1v) is 12.8. The largest absolute Gasteiger partial charge is 0.497 e. The molecule has 4 aromatic rings. The van der Waals surface area contributed by atoms with Gasteiger partial charge in [-0.1, -0.05) is 53.5 Å². The second-order valence-electron chi connectivity index (χ2n) is 8.71. The van der Waals surface area contributed by atoms with Crippen molar-refractivity contribution in [3.8, 4) is 11.5 Å². The molecule has 0 aliphatic rings. The van der Waals surface area contributed by atoms with Crippen LogP contribution in [0.3, 0.4) is 0 Å². The van der Waals surface area contributed by atoms with Crippen molar-refractivity contribution in [3.63, 3.8) is 0 Å². The van der Waals surface area contributed by atoms with E-state index in [1.807, 2.05) is 49.4 Å². The first-order valence-electron chi connectivity index (χ1n) is 12.1. The fourth-order valence-electron chi connectivity index (χ4n) is 3.82. The highest BCUT2D eigenvalue weighted by molar-refractivity contribution is 6.38. The summed E-state index contributed by atoms with van der Waals surface area (Å²) in [5.74, 6) is 0.568. The standard InChI is InChI=1S/C30H27Cl2N3O4/c1-19-7-11-21-5-4-6-26(30(21)34-19)39-18-23-24(31)14-15-25(29(23)32)35(2)28(37)17-33-27(36)16-10-20-8-12-22(38-3)13-9-20/h4-16H,17-18H2,1-3H3,(H,33,36). The third-order valence-electron chi connectivity index (χ3n) is 6.05. The Labute approximate surface area is 237 Å². The van der Waals surface area contributed by atoms with Gasteiger partial charge in [0.2, 0.25) is 11.8 Å². The van der Waals surface area contributed by atoms with Gasteiger partial charge in [-0.15, -0.1) is 0 Å². The third kappa shape index (κ3) is 6.88. The lowest BCUT2D eigenvalue weighted by molar-refractivity contribution is -0.122. The van der Waals surface area contributed by atoms with E-state index in [9.17, 15) is 9.59 Å². The number of fused-ring (bicyclic) bond motifs is 1. The van der Waals surface area contributed by atoms with Crippen LogP contribution in [0, 0.1) is 6.92 Å². The van der Waals surface area contributed by atoms with Crippen LogP contribution in [0.5, 0.6) is 11.5 Å². The van der Waals surface area contributed by atoms with Gasteiger partial charge >= 0.3 is 0 Å². The molecule has 0 saturated heterocycles. The van der Waals surface area contributed by atoms with E-state index >= 15 is 0 Å². The number of anilines is 1. The van der Waals surface area contributed by atoms with Gasteiger partial charge in [0.15, 0.2) is 0 Å². The summed E-state index contributed by atoms with van der Waals surface area (Å²) in [5, 5.41) is 4.24. The summed E-state index contributed by atoms with van der Waals surface area (Å²) in [5.41, 5.74) is 3.42. The number of carbonyl (C=O) groups excluding carboxylic acids is 2. The fraction of sp³-hybridized carbons (Fsp3) is 0.167. The second kappa shape index (κ2) is 12.7. The number of halogens is 2. The number of methoxy groups -OCH3 is 1. The van der Waals surface area contributed by atoms with Crippen molar-refractivity contribution in [2.24, 2.45) is 0 Å². The minimum Gasteiger partial charge on any atom is -0.497 e. The average molecular weight is 564 g/mol. The van der Waals surface area contributed by atoms with E-state index in [-0.39, 0.29) is 24.1 Å². The van der Waals surface area contributed by atoms with Gasteiger partial charge in [-0.25, -0.2) is 4.98 Å². The Morgan fingerprint density at radius 2 is 1.79 bits per heavy atom. The molecule has 1 N–H and O–H groups in total. The predicted molar refractivity (Wildman–Crippen MR) is 156 cm³/mol. The van der Waals surface area contributed by atoms with Gasteiger partial charge in [-0.05, 0) is 55.0 Å². The number of likely N-dealkylation sites (N-methyl/N-ethyl adjacent to an activating group) is 1. The molecule has 0 aliphatic carbocycles. The van der Waals surface area contributed by atoms with Crippen LogP contribution in [-0.4, -0.2) is 37.5 Å². The fourth-order valence-corrected chi connectivity index (χ4v) is 4.43. The molecular formula is C30H27Cl2N3O4. The molecule has 3 aromatic carbocycles. The number of nitrogens with zero attached hydrogens (tertiary/aromatic N) is 2. The molecule has 1 heterocycles. The minimum atomic E-state index is -0.400. The Balaban J connectivity index is 1.41. The van der Waals surface area contributed by atoms with Crippen molar-refractivity contribution in [1.29, 1.82) is 0 Å². The number of para-hydroxylation sites is 1. The van der Waals surface area contributed by atoms with E-state index in [4.69, 9.17) is 32.7 Å². The Morgan fingerprint density at radius 3 is 2.54 bits per heavy atom. The Kier molecular flexibility index (Phi) is 9.07. The van der Waals surface area contributed by atoms with Gasteiger partial charge in [0.05, 0.1) is 24.4 Å². The number of aromatic nitrogens is 1. The molecule has 2 amide bonds. The van der Waals surface area contributed by atoms with Gasteiger partial charge in [0.25, 0.3) is 0 Å². The minimum absolute atomic E-state index is 0.0785. The molecule has 200 valence electrons. The zero-order valence-electron chi connectivity index (χ0n) is 21.7. The number of aryl methyl sites for hydroxylation is 1. The lowest BCUT2D eigenvalue weighted by Crippen LogP contribution is -2.37. The monoisotopic (exact) mass is 563 g/mol. The maximum absolute atomic E-state index is 12.8. The first kappa shape index (κ1) is 28.0. The average Bonchev–Trinajstić information content (AvgIpc) is 2.94. The Hall–Kier alpha value is -4.07. The van der Waals surface area contributed by atoms with E-state index in [1.165, 1.54) is 11.0 Å². The lowest BCUT2D eigenvalue weighted by atomic mass is 10.1. The van der Waals surface area contributed by atoms with Crippen LogP contribution in [0.2, 0.25) is 10.0 Å². The van der Waals surface area contributed by atoms with Gasteiger partial charge in [-0.2, -0.15) is 0 Å². The van der Waals surface area contributed by atoms with E-state index in [2.05, 4.69) is 10.3 Å². The SMILES string of the molecule is COc1ccc(C=CC(=O)NCC(=O)N(C)c2ccc(Cl)c(COc3cccc4ccc(C)nc34)c2Cl)cc1. The molecule has 0 bridgehead atoms. The van der Waals surface area contributed by atoms with Crippen LogP contribution in [0.25, 0.3) is 17.0 Å². The number of hydrogen-bond acceptors (Lipinski definition) is 5. The number of benzene rings is 3. The summed E-state index contributed by atoms with van der Waals surface area (Å²) < 4.78 is 11.2. The van der Waals surface area contributed by atoms with Crippen molar-refractivity contribution >= 4 is 57.7 Å².